The van der Waals surface area contributed by atoms with Crippen molar-refractivity contribution in [3.8, 4) is 0 Å². The van der Waals surface area contributed by atoms with Crippen LogP contribution < -0.4 is 5.32 Å². The molecule has 1 heterocycles. The summed E-state index contributed by atoms with van der Waals surface area (Å²) in [7, 11) is 0. The van der Waals surface area contributed by atoms with Gasteiger partial charge >= 0.3 is 0 Å². The van der Waals surface area contributed by atoms with E-state index in [9.17, 15) is 0 Å². The Morgan fingerprint density at radius 2 is 2.13 bits per heavy atom. The SMILES string of the molecule is CC1CCC(Nc2cccc(Cl)n2)C1C. The molecular weight excluding hydrogens is 208 g/mol. The summed E-state index contributed by atoms with van der Waals surface area (Å²) < 4.78 is 0. The first-order valence-corrected chi connectivity index (χ1v) is 5.93. The molecule has 15 heavy (non-hydrogen) atoms. The van der Waals surface area contributed by atoms with E-state index in [1.165, 1.54) is 12.8 Å². The molecule has 1 aromatic rings. The highest BCUT2D eigenvalue weighted by molar-refractivity contribution is 6.29. The fourth-order valence-electron chi connectivity index (χ4n) is 2.25. The van der Waals surface area contributed by atoms with E-state index in [1.54, 1.807) is 6.07 Å². The number of nitrogens with one attached hydrogen (secondary N) is 1. The zero-order chi connectivity index (χ0) is 10.8. The van der Waals surface area contributed by atoms with Crippen molar-refractivity contribution >= 4 is 17.4 Å². The van der Waals surface area contributed by atoms with Gasteiger partial charge in [0.25, 0.3) is 0 Å². The smallest absolute Gasteiger partial charge is 0.131 e. The molecule has 0 saturated heterocycles. The minimum atomic E-state index is 0.547. The second-order valence-corrected chi connectivity index (χ2v) is 4.90. The van der Waals surface area contributed by atoms with Crippen molar-refractivity contribution in [2.24, 2.45) is 11.8 Å². The van der Waals surface area contributed by atoms with Gasteiger partial charge in [-0.25, -0.2) is 4.98 Å². The highest BCUT2D eigenvalue weighted by Gasteiger charge is 2.29. The van der Waals surface area contributed by atoms with Crippen molar-refractivity contribution in [1.29, 1.82) is 0 Å². The molecule has 0 amide bonds. The van der Waals surface area contributed by atoms with Gasteiger partial charge in [-0.3, -0.25) is 0 Å². The maximum absolute atomic E-state index is 5.84. The lowest BCUT2D eigenvalue weighted by molar-refractivity contribution is 0.435. The van der Waals surface area contributed by atoms with E-state index in [0.29, 0.717) is 17.1 Å². The molecule has 3 atom stereocenters. The van der Waals surface area contributed by atoms with Crippen LogP contribution in [0.2, 0.25) is 5.15 Å². The molecular formula is C12H17ClN2. The van der Waals surface area contributed by atoms with Crippen LogP contribution in [0.1, 0.15) is 26.7 Å². The number of nitrogens with zero attached hydrogens (tertiary/aromatic N) is 1. The molecule has 1 aliphatic rings. The van der Waals surface area contributed by atoms with Crippen LogP contribution >= 0.6 is 11.6 Å². The Hall–Kier alpha value is -0.760. The number of pyridine rings is 1. The second-order valence-electron chi connectivity index (χ2n) is 4.51. The zero-order valence-electron chi connectivity index (χ0n) is 9.20. The van der Waals surface area contributed by atoms with Crippen molar-refractivity contribution in [2.75, 3.05) is 5.32 Å². The Balaban J connectivity index is 2.03. The van der Waals surface area contributed by atoms with Crippen LogP contribution in [-0.4, -0.2) is 11.0 Å². The van der Waals surface area contributed by atoms with E-state index >= 15 is 0 Å². The van der Waals surface area contributed by atoms with Gasteiger partial charge in [0.15, 0.2) is 0 Å². The van der Waals surface area contributed by atoms with Gasteiger partial charge in [-0.2, -0.15) is 0 Å². The molecule has 1 aliphatic carbocycles. The molecule has 1 saturated carbocycles. The van der Waals surface area contributed by atoms with Gasteiger partial charge in [-0.1, -0.05) is 31.5 Å². The number of rotatable bonds is 2. The Labute approximate surface area is 96.1 Å². The predicted molar refractivity (Wildman–Crippen MR) is 64.2 cm³/mol. The van der Waals surface area contributed by atoms with E-state index in [2.05, 4.69) is 24.1 Å². The highest BCUT2D eigenvalue weighted by atomic mass is 35.5. The van der Waals surface area contributed by atoms with E-state index in [4.69, 9.17) is 11.6 Å². The summed E-state index contributed by atoms with van der Waals surface area (Å²) in [6, 6.07) is 6.25. The highest BCUT2D eigenvalue weighted by Crippen LogP contribution is 2.32. The van der Waals surface area contributed by atoms with Crippen LogP contribution in [0.5, 0.6) is 0 Å². The molecule has 0 radical (unpaired) electrons. The maximum Gasteiger partial charge on any atom is 0.131 e. The van der Waals surface area contributed by atoms with Crippen molar-refractivity contribution in [1.82, 2.24) is 4.98 Å². The van der Waals surface area contributed by atoms with E-state index in [-0.39, 0.29) is 0 Å². The van der Waals surface area contributed by atoms with Crippen molar-refractivity contribution < 1.29 is 0 Å². The molecule has 3 heteroatoms. The number of anilines is 1. The third kappa shape index (κ3) is 2.43. The fraction of sp³-hybridized carbons (Fsp3) is 0.583. The number of hydrogen-bond acceptors (Lipinski definition) is 2. The molecule has 2 nitrogen and oxygen atoms in total. The second kappa shape index (κ2) is 4.40. The Bertz CT molecular complexity index is 340. The fourth-order valence-corrected chi connectivity index (χ4v) is 2.41. The minimum Gasteiger partial charge on any atom is -0.367 e. The van der Waals surface area contributed by atoms with Crippen LogP contribution in [0.4, 0.5) is 5.82 Å². The molecule has 1 N–H and O–H groups in total. The van der Waals surface area contributed by atoms with E-state index < -0.39 is 0 Å². The third-order valence-electron chi connectivity index (χ3n) is 3.51. The van der Waals surface area contributed by atoms with Gasteiger partial charge in [0.05, 0.1) is 0 Å². The maximum atomic E-state index is 5.84. The Morgan fingerprint density at radius 3 is 2.73 bits per heavy atom. The van der Waals surface area contributed by atoms with Crippen LogP contribution in [0, 0.1) is 11.8 Å². The van der Waals surface area contributed by atoms with Gasteiger partial charge in [-0.15, -0.1) is 0 Å². The van der Waals surface area contributed by atoms with Crippen LogP contribution in [0.15, 0.2) is 18.2 Å². The largest absolute Gasteiger partial charge is 0.367 e. The zero-order valence-corrected chi connectivity index (χ0v) is 9.96. The predicted octanol–water partition coefficient (Wildman–Crippen LogP) is 3.58. The van der Waals surface area contributed by atoms with Crippen LogP contribution in [0.3, 0.4) is 0 Å². The Kier molecular flexibility index (Phi) is 3.15. The summed E-state index contributed by atoms with van der Waals surface area (Å²) in [6.07, 6.45) is 2.54. The summed E-state index contributed by atoms with van der Waals surface area (Å²) in [5.74, 6) is 2.42. The monoisotopic (exact) mass is 224 g/mol. The molecule has 0 bridgehead atoms. The molecule has 3 unspecified atom stereocenters. The van der Waals surface area contributed by atoms with Crippen LogP contribution in [0.25, 0.3) is 0 Å². The van der Waals surface area contributed by atoms with Gasteiger partial charge in [-0.05, 0) is 36.8 Å². The van der Waals surface area contributed by atoms with Gasteiger partial charge < -0.3 is 5.32 Å². The molecule has 1 fully saturated rings. The first kappa shape index (κ1) is 10.7. The summed E-state index contributed by atoms with van der Waals surface area (Å²) in [5, 5.41) is 4.02. The number of aromatic nitrogens is 1. The topological polar surface area (TPSA) is 24.9 Å². The third-order valence-corrected chi connectivity index (χ3v) is 3.72. The lowest BCUT2D eigenvalue weighted by Gasteiger charge is -2.20. The average Bonchev–Trinajstić information content (AvgIpc) is 2.50. The van der Waals surface area contributed by atoms with E-state index in [1.807, 2.05) is 12.1 Å². The summed E-state index contributed by atoms with van der Waals surface area (Å²) in [5.41, 5.74) is 0. The first-order chi connectivity index (χ1) is 7.16. The number of halogens is 1. The minimum absolute atomic E-state index is 0.547. The Morgan fingerprint density at radius 1 is 1.33 bits per heavy atom. The molecule has 0 aliphatic heterocycles. The average molecular weight is 225 g/mol. The van der Waals surface area contributed by atoms with Gasteiger partial charge in [0, 0.05) is 6.04 Å². The lowest BCUT2D eigenvalue weighted by Crippen LogP contribution is -2.24. The summed E-state index contributed by atoms with van der Waals surface area (Å²) >= 11 is 5.84. The summed E-state index contributed by atoms with van der Waals surface area (Å²) in [6.45, 7) is 4.62. The normalized spacial score (nSPS) is 30.5. The van der Waals surface area contributed by atoms with E-state index in [0.717, 1.165) is 11.7 Å². The lowest BCUT2D eigenvalue weighted by atomic mass is 9.98. The standard InChI is InChI=1S/C12H17ClN2/c1-8-6-7-10(9(8)2)14-12-5-3-4-11(13)15-12/h3-5,8-10H,6-7H2,1-2H3,(H,14,15). The number of hydrogen-bond donors (Lipinski definition) is 1. The van der Waals surface area contributed by atoms with Gasteiger partial charge in [0.1, 0.15) is 11.0 Å². The van der Waals surface area contributed by atoms with Crippen molar-refractivity contribution in [2.45, 2.75) is 32.7 Å². The van der Waals surface area contributed by atoms with Gasteiger partial charge in [0.2, 0.25) is 0 Å². The molecule has 1 aromatic heterocycles. The van der Waals surface area contributed by atoms with Crippen molar-refractivity contribution in [3.63, 3.8) is 0 Å². The first-order valence-electron chi connectivity index (χ1n) is 5.56. The molecule has 82 valence electrons. The molecule has 0 aromatic carbocycles. The quantitative estimate of drug-likeness (QED) is 0.777. The molecule has 2 rings (SSSR count). The summed E-state index contributed by atoms with van der Waals surface area (Å²) in [4.78, 5) is 4.25. The molecule has 0 spiro atoms. The van der Waals surface area contributed by atoms with Crippen molar-refractivity contribution in [3.05, 3.63) is 23.4 Å². The van der Waals surface area contributed by atoms with Crippen LogP contribution in [-0.2, 0) is 0 Å².